The van der Waals surface area contributed by atoms with Crippen LogP contribution < -0.4 is 5.32 Å². The third-order valence-corrected chi connectivity index (χ3v) is 4.67. The molecular formula is C19H27NO4S. The number of benzene rings is 1. The number of nitrogens with one attached hydrogen (secondary N) is 1. The molecule has 0 spiro atoms. The van der Waals surface area contributed by atoms with Crippen molar-refractivity contribution in [1.29, 1.82) is 0 Å². The standard InChI is InChI=1S/C19H27NO4S/c1-13(2)10-17(19(23)24-4)20-18(22)16(12-25-14(3)21)11-15-8-6-5-7-9-15/h5-9,13,16-17H,10-12H2,1-4H3,(H,20,22)/t16?,17-/m1/s1. The van der Waals surface area contributed by atoms with Gasteiger partial charge >= 0.3 is 5.97 Å². The Morgan fingerprint density at radius 3 is 2.32 bits per heavy atom. The summed E-state index contributed by atoms with van der Waals surface area (Å²) in [5.41, 5.74) is 1.02. The predicted molar refractivity (Wildman–Crippen MR) is 100 cm³/mol. The minimum absolute atomic E-state index is 0.0300. The number of amides is 1. The Balaban J connectivity index is 2.84. The zero-order chi connectivity index (χ0) is 18.8. The first-order valence-corrected chi connectivity index (χ1v) is 9.37. The largest absolute Gasteiger partial charge is 0.467 e. The molecule has 5 nitrogen and oxygen atoms in total. The Hall–Kier alpha value is -1.82. The quantitative estimate of drug-likeness (QED) is 0.681. The fourth-order valence-electron chi connectivity index (χ4n) is 2.46. The lowest BCUT2D eigenvalue weighted by Crippen LogP contribution is -2.46. The molecular weight excluding hydrogens is 338 g/mol. The van der Waals surface area contributed by atoms with Crippen LogP contribution in [0.2, 0.25) is 0 Å². The lowest BCUT2D eigenvalue weighted by Gasteiger charge is -2.22. The van der Waals surface area contributed by atoms with Crippen molar-refractivity contribution in [2.75, 3.05) is 12.9 Å². The minimum Gasteiger partial charge on any atom is -0.467 e. The van der Waals surface area contributed by atoms with Gasteiger partial charge in [0.15, 0.2) is 5.12 Å². The average molecular weight is 365 g/mol. The first kappa shape index (κ1) is 21.2. The lowest BCUT2D eigenvalue weighted by atomic mass is 9.98. The van der Waals surface area contributed by atoms with E-state index in [4.69, 9.17) is 4.74 Å². The monoisotopic (exact) mass is 365 g/mol. The van der Waals surface area contributed by atoms with Crippen LogP contribution in [0.5, 0.6) is 0 Å². The maximum absolute atomic E-state index is 12.7. The molecule has 0 bridgehead atoms. The summed E-state index contributed by atoms with van der Waals surface area (Å²) in [7, 11) is 1.31. The minimum atomic E-state index is -0.668. The summed E-state index contributed by atoms with van der Waals surface area (Å²) in [6.45, 7) is 5.45. The van der Waals surface area contributed by atoms with Crippen LogP contribution >= 0.6 is 11.8 Å². The Morgan fingerprint density at radius 2 is 1.80 bits per heavy atom. The first-order valence-electron chi connectivity index (χ1n) is 8.39. The summed E-state index contributed by atoms with van der Waals surface area (Å²) in [5.74, 6) is -0.446. The van der Waals surface area contributed by atoms with Gasteiger partial charge in [-0.2, -0.15) is 0 Å². The SMILES string of the molecule is COC(=O)[C@@H](CC(C)C)NC(=O)C(CSC(C)=O)Cc1ccccc1. The van der Waals surface area contributed by atoms with Crippen LogP contribution in [-0.4, -0.2) is 35.9 Å². The molecule has 0 radical (unpaired) electrons. The molecule has 0 saturated carbocycles. The Labute approximate surface area is 153 Å². The third kappa shape index (κ3) is 8.20. The van der Waals surface area contributed by atoms with Gasteiger partial charge in [0.25, 0.3) is 0 Å². The molecule has 0 aliphatic rings. The molecule has 1 rings (SSSR count). The average Bonchev–Trinajstić information content (AvgIpc) is 2.57. The van der Waals surface area contributed by atoms with Gasteiger partial charge < -0.3 is 10.1 Å². The lowest BCUT2D eigenvalue weighted by molar-refractivity contribution is -0.146. The highest BCUT2D eigenvalue weighted by atomic mass is 32.2. The zero-order valence-corrected chi connectivity index (χ0v) is 16.1. The number of carbonyl (C=O) groups is 3. The highest BCUT2D eigenvalue weighted by Gasteiger charge is 2.27. The molecule has 25 heavy (non-hydrogen) atoms. The number of esters is 1. The first-order chi connectivity index (χ1) is 11.8. The van der Waals surface area contributed by atoms with Crippen molar-refractivity contribution in [2.45, 2.75) is 39.7 Å². The van der Waals surface area contributed by atoms with Crippen LogP contribution in [0, 0.1) is 11.8 Å². The van der Waals surface area contributed by atoms with Crippen molar-refractivity contribution < 1.29 is 19.1 Å². The van der Waals surface area contributed by atoms with Gasteiger partial charge in [-0.15, -0.1) is 0 Å². The van der Waals surface area contributed by atoms with E-state index in [0.717, 1.165) is 17.3 Å². The normalized spacial score (nSPS) is 13.2. The van der Waals surface area contributed by atoms with E-state index in [1.807, 2.05) is 44.2 Å². The van der Waals surface area contributed by atoms with Crippen molar-refractivity contribution in [3.8, 4) is 0 Å². The topological polar surface area (TPSA) is 72.5 Å². The fraction of sp³-hybridized carbons (Fsp3) is 0.526. The molecule has 0 fully saturated rings. The Bertz CT molecular complexity index is 574. The fourth-order valence-corrected chi connectivity index (χ4v) is 3.17. The smallest absolute Gasteiger partial charge is 0.328 e. The number of thioether (sulfide) groups is 1. The van der Waals surface area contributed by atoms with E-state index in [1.54, 1.807) is 0 Å². The van der Waals surface area contributed by atoms with E-state index in [-0.39, 0.29) is 16.9 Å². The van der Waals surface area contributed by atoms with Gasteiger partial charge in [0.05, 0.1) is 13.0 Å². The number of rotatable bonds is 9. The van der Waals surface area contributed by atoms with E-state index in [1.165, 1.54) is 14.0 Å². The summed E-state index contributed by atoms with van der Waals surface area (Å²) in [4.78, 5) is 36.0. The number of carbonyl (C=O) groups excluding carboxylic acids is 3. The van der Waals surface area contributed by atoms with Gasteiger partial charge in [0.2, 0.25) is 5.91 Å². The van der Waals surface area contributed by atoms with Crippen LogP contribution in [0.15, 0.2) is 30.3 Å². The molecule has 138 valence electrons. The second-order valence-corrected chi connectivity index (χ2v) is 7.60. The van der Waals surface area contributed by atoms with E-state index in [9.17, 15) is 14.4 Å². The van der Waals surface area contributed by atoms with Crippen LogP contribution in [0.4, 0.5) is 0 Å². The van der Waals surface area contributed by atoms with E-state index in [2.05, 4.69) is 5.32 Å². The van der Waals surface area contributed by atoms with Gasteiger partial charge in [-0.1, -0.05) is 55.9 Å². The Morgan fingerprint density at radius 1 is 1.16 bits per heavy atom. The summed E-state index contributed by atoms with van der Waals surface area (Å²) in [6, 6.07) is 8.98. The second-order valence-electron chi connectivity index (χ2n) is 6.40. The van der Waals surface area contributed by atoms with Crippen LogP contribution in [0.25, 0.3) is 0 Å². The molecule has 6 heteroatoms. The van der Waals surface area contributed by atoms with E-state index >= 15 is 0 Å². The molecule has 0 saturated heterocycles. The van der Waals surface area contributed by atoms with Crippen LogP contribution in [-0.2, 0) is 25.5 Å². The molecule has 0 aromatic heterocycles. The van der Waals surface area contributed by atoms with Crippen molar-refractivity contribution in [1.82, 2.24) is 5.32 Å². The molecule has 0 aliphatic heterocycles. The second kappa shape index (κ2) is 10.9. The zero-order valence-electron chi connectivity index (χ0n) is 15.3. The van der Waals surface area contributed by atoms with Gasteiger partial charge in [-0.25, -0.2) is 4.79 Å². The van der Waals surface area contributed by atoms with Crippen molar-refractivity contribution in [3.63, 3.8) is 0 Å². The van der Waals surface area contributed by atoms with Gasteiger partial charge in [0.1, 0.15) is 6.04 Å². The summed E-state index contributed by atoms with van der Waals surface area (Å²) < 4.78 is 4.80. The number of hydrogen-bond acceptors (Lipinski definition) is 5. The highest BCUT2D eigenvalue weighted by Crippen LogP contribution is 2.17. The summed E-state index contributed by atoms with van der Waals surface area (Å²) in [6.07, 6.45) is 1.03. The number of hydrogen-bond donors (Lipinski definition) is 1. The van der Waals surface area contributed by atoms with Gasteiger partial charge in [-0.05, 0) is 24.3 Å². The molecule has 1 unspecified atom stereocenters. The predicted octanol–water partition coefficient (Wildman–Crippen LogP) is 2.83. The molecule has 2 atom stereocenters. The maximum atomic E-state index is 12.7. The highest BCUT2D eigenvalue weighted by molar-refractivity contribution is 8.13. The van der Waals surface area contributed by atoms with E-state index < -0.39 is 17.9 Å². The molecule has 1 N–H and O–H groups in total. The van der Waals surface area contributed by atoms with Gasteiger partial charge in [0, 0.05) is 12.7 Å². The molecule has 0 heterocycles. The molecule has 1 aromatic rings. The molecule has 1 amide bonds. The van der Waals surface area contributed by atoms with Crippen molar-refractivity contribution >= 4 is 28.8 Å². The number of methoxy groups -OCH3 is 1. The van der Waals surface area contributed by atoms with Crippen molar-refractivity contribution in [3.05, 3.63) is 35.9 Å². The molecule has 0 aliphatic carbocycles. The third-order valence-electron chi connectivity index (χ3n) is 3.69. The van der Waals surface area contributed by atoms with Crippen molar-refractivity contribution in [2.24, 2.45) is 11.8 Å². The molecule has 1 aromatic carbocycles. The Kier molecular flexibility index (Phi) is 9.27. The van der Waals surface area contributed by atoms with Crippen LogP contribution in [0.1, 0.15) is 32.8 Å². The summed E-state index contributed by atoms with van der Waals surface area (Å²) in [5, 5.41) is 2.77. The van der Waals surface area contributed by atoms with Gasteiger partial charge in [-0.3, -0.25) is 9.59 Å². The summed E-state index contributed by atoms with van der Waals surface area (Å²) >= 11 is 1.13. The van der Waals surface area contributed by atoms with Crippen LogP contribution in [0.3, 0.4) is 0 Å². The maximum Gasteiger partial charge on any atom is 0.328 e. The van der Waals surface area contributed by atoms with E-state index in [0.29, 0.717) is 18.6 Å². The number of ether oxygens (including phenoxy) is 1.